The number of anilines is 1. The fourth-order valence-corrected chi connectivity index (χ4v) is 1.72. The largest absolute Gasteiger partial charge is 0.376 e. The number of nitro benzene ring substituents is 1. The minimum atomic E-state index is -0.525. The topological polar surface area (TPSA) is 123 Å². The number of nitro groups is 1. The molecule has 0 radical (unpaired) electrons. The maximum absolute atomic E-state index is 10.8. The van der Waals surface area contributed by atoms with Crippen LogP contribution in [0.4, 0.5) is 11.4 Å². The molecule has 0 bridgehead atoms. The van der Waals surface area contributed by atoms with Crippen LogP contribution in [0.15, 0.2) is 29.2 Å². The van der Waals surface area contributed by atoms with E-state index < -0.39 is 4.92 Å². The molecule has 9 heteroatoms. The van der Waals surface area contributed by atoms with Gasteiger partial charge in [-0.3, -0.25) is 10.1 Å². The molecule has 0 aliphatic heterocycles. The predicted molar refractivity (Wildman–Crippen MR) is 64.4 cm³/mol. The molecule has 0 fully saturated rings. The van der Waals surface area contributed by atoms with Gasteiger partial charge in [0.1, 0.15) is 5.82 Å². The summed E-state index contributed by atoms with van der Waals surface area (Å²) >= 11 is 0. The number of aromatic amines is 1. The Morgan fingerprint density at radius 1 is 1.37 bits per heavy atom. The molecule has 0 aliphatic carbocycles. The molecule has 0 spiro atoms. The minimum absolute atomic E-state index is 0.120. The van der Waals surface area contributed by atoms with Gasteiger partial charge in [0, 0.05) is 18.5 Å². The Bertz CT molecular complexity index is 720. The molecule has 0 saturated heterocycles. The summed E-state index contributed by atoms with van der Waals surface area (Å²) in [5.41, 5.74) is 0.897. The van der Waals surface area contributed by atoms with Gasteiger partial charge < -0.3 is 10.3 Å². The van der Waals surface area contributed by atoms with Crippen LogP contribution in [-0.4, -0.2) is 25.2 Å². The Kier molecular flexibility index (Phi) is 2.56. The molecule has 0 amide bonds. The highest BCUT2D eigenvalue weighted by Gasteiger charge is 2.19. The fraction of sp³-hybridized carbons (Fsp3) is 0.100. The standard InChI is InChI=1S/C10H8N6O3/c17-16(18)7-2-1-6(9-10(7)15-19-14-9)13-5-8-11-3-4-12-8/h1-4,13H,5H2,(H,11,12). The summed E-state index contributed by atoms with van der Waals surface area (Å²) in [7, 11) is 0. The van der Waals surface area contributed by atoms with Crippen LogP contribution in [0.2, 0.25) is 0 Å². The highest BCUT2D eigenvalue weighted by molar-refractivity contribution is 5.93. The van der Waals surface area contributed by atoms with E-state index >= 15 is 0 Å². The summed E-state index contributed by atoms with van der Waals surface area (Å²) < 4.78 is 4.57. The van der Waals surface area contributed by atoms with Crippen molar-refractivity contribution in [1.82, 2.24) is 20.3 Å². The SMILES string of the molecule is O=[N+]([O-])c1ccc(NCc2ncc[nH]2)c2nonc12. The maximum atomic E-state index is 10.8. The van der Waals surface area contributed by atoms with Gasteiger partial charge in [-0.05, 0) is 16.4 Å². The second kappa shape index (κ2) is 4.37. The number of rotatable bonds is 4. The van der Waals surface area contributed by atoms with Crippen molar-refractivity contribution in [3.63, 3.8) is 0 Å². The molecule has 2 aromatic heterocycles. The van der Waals surface area contributed by atoms with Crippen molar-refractivity contribution in [2.45, 2.75) is 6.54 Å². The van der Waals surface area contributed by atoms with Crippen molar-refractivity contribution < 1.29 is 9.55 Å². The number of non-ortho nitro benzene ring substituents is 1. The molecule has 0 aliphatic rings. The molecule has 2 heterocycles. The average Bonchev–Trinajstić information content (AvgIpc) is 3.06. The van der Waals surface area contributed by atoms with Crippen LogP contribution in [0.25, 0.3) is 11.0 Å². The van der Waals surface area contributed by atoms with Crippen LogP contribution in [0.5, 0.6) is 0 Å². The molecule has 9 nitrogen and oxygen atoms in total. The molecule has 2 N–H and O–H groups in total. The third-order valence-corrected chi connectivity index (χ3v) is 2.59. The Morgan fingerprint density at radius 3 is 2.95 bits per heavy atom. The second-order valence-corrected chi connectivity index (χ2v) is 3.74. The quantitative estimate of drug-likeness (QED) is 0.537. The van der Waals surface area contributed by atoms with E-state index in [0.717, 1.165) is 5.82 Å². The lowest BCUT2D eigenvalue weighted by molar-refractivity contribution is -0.383. The predicted octanol–water partition coefficient (Wildman–Crippen LogP) is 1.47. The lowest BCUT2D eigenvalue weighted by Gasteiger charge is -2.04. The van der Waals surface area contributed by atoms with Crippen LogP contribution >= 0.6 is 0 Å². The van der Waals surface area contributed by atoms with Crippen molar-refractivity contribution in [2.75, 3.05) is 5.32 Å². The van der Waals surface area contributed by atoms with Gasteiger partial charge in [0.2, 0.25) is 5.52 Å². The molecule has 96 valence electrons. The number of nitrogens with zero attached hydrogens (tertiary/aromatic N) is 4. The molecule has 1 aromatic carbocycles. The Labute approximate surface area is 105 Å². The van der Waals surface area contributed by atoms with Crippen molar-refractivity contribution in [2.24, 2.45) is 0 Å². The van der Waals surface area contributed by atoms with E-state index in [2.05, 4.69) is 30.2 Å². The van der Waals surface area contributed by atoms with E-state index in [1.54, 1.807) is 18.5 Å². The van der Waals surface area contributed by atoms with Crippen LogP contribution in [0.1, 0.15) is 5.82 Å². The van der Waals surface area contributed by atoms with Gasteiger partial charge in [0.15, 0.2) is 5.52 Å². The summed E-state index contributed by atoms with van der Waals surface area (Å²) in [4.78, 5) is 17.3. The molecule has 3 aromatic rings. The maximum Gasteiger partial charge on any atom is 0.300 e. The highest BCUT2D eigenvalue weighted by atomic mass is 16.6. The lowest BCUT2D eigenvalue weighted by atomic mass is 10.2. The van der Waals surface area contributed by atoms with Crippen LogP contribution in [0.3, 0.4) is 0 Å². The van der Waals surface area contributed by atoms with Crippen molar-refractivity contribution in [3.8, 4) is 0 Å². The number of nitrogens with one attached hydrogen (secondary N) is 2. The molecule has 0 unspecified atom stereocenters. The third kappa shape index (κ3) is 1.97. The van der Waals surface area contributed by atoms with Crippen molar-refractivity contribution in [3.05, 3.63) is 40.5 Å². The number of fused-ring (bicyclic) bond motifs is 1. The van der Waals surface area contributed by atoms with E-state index in [4.69, 9.17) is 0 Å². The Morgan fingerprint density at radius 2 is 2.21 bits per heavy atom. The van der Waals surface area contributed by atoms with Gasteiger partial charge in [0.05, 0.1) is 17.2 Å². The van der Waals surface area contributed by atoms with Crippen molar-refractivity contribution >= 4 is 22.4 Å². The first-order valence-electron chi connectivity index (χ1n) is 5.37. The first-order valence-corrected chi connectivity index (χ1v) is 5.37. The van der Waals surface area contributed by atoms with E-state index in [1.807, 2.05) is 0 Å². The second-order valence-electron chi connectivity index (χ2n) is 3.74. The summed E-state index contributed by atoms with van der Waals surface area (Å²) in [5.74, 6) is 0.739. The van der Waals surface area contributed by atoms with E-state index in [-0.39, 0.29) is 11.2 Å². The van der Waals surface area contributed by atoms with E-state index in [9.17, 15) is 10.1 Å². The van der Waals surface area contributed by atoms with Gasteiger partial charge in [-0.25, -0.2) is 9.61 Å². The molecular weight excluding hydrogens is 252 g/mol. The Balaban J connectivity index is 1.94. The zero-order chi connectivity index (χ0) is 13.2. The van der Waals surface area contributed by atoms with E-state index in [0.29, 0.717) is 17.7 Å². The third-order valence-electron chi connectivity index (χ3n) is 2.59. The summed E-state index contributed by atoms with van der Waals surface area (Å²) in [6.45, 7) is 0.437. The van der Waals surface area contributed by atoms with Gasteiger partial charge in [-0.2, -0.15) is 0 Å². The lowest BCUT2D eigenvalue weighted by Crippen LogP contribution is -2.02. The van der Waals surface area contributed by atoms with Crippen LogP contribution in [0, 0.1) is 10.1 Å². The van der Waals surface area contributed by atoms with Gasteiger partial charge in [-0.15, -0.1) is 0 Å². The first-order chi connectivity index (χ1) is 9.25. The molecular formula is C10H8N6O3. The number of H-pyrrole nitrogens is 1. The number of aromatic nitrogens is 4. The average molecular weight is 260 g/mol. The monoisotopic (exact) mass is 260 g/mol. The summed E-state index contributed by atoms with van der Waals surface area (Å²) in [5, 5.41) is 21.1. The first kappa shape index (κ1) is 11.1. The zero-order valence-electron chi connectivity index (χ0n) is 9.53. The van der Waals surface area contributed by atoms with Gasteiger partial charge in [0.25, 0.3) is 0 Å². The minimum Gasteiger partial charge on any atom is -0.376 e. The van der Waals surface area contributed by atoms with Crippen molar-refractivity contribution in [1.29, 1.82) is 0 Å². The summed E-state index contributed by atoms with van der Waals surface area (Å²) in [6.07, 6.45) is 3.35. The number of hydrogen-bond acceptors (Lipinski definition) is 7. The number of hydrogen-bond donors (Lipinski definition) is 2. The fourth-order valence-electron chi connectivity index (χ4n) is 1.72. The van der Waals surface area contributed by atoms with Gasteiger partial charge in [-0.1, -0.05) is 0 Å². The molecule has 0 saturated carbocycles. The van der Waals surface area contributed by atoms with Gasteiger partial charge >= 0.3 is 5.69 Å². The number of benzene rings is 1. The normalized spacial score (nSPS) is 10.7. The number of imidazole rings is 1. The molecule has 0 atom stereocenters. The molecule has 3 rings (SSSR count). The smallest absolute Gasteiger partial charge is 0.300 e. The zero-order valence-corrected chi connectivity index (χ0v) is 9.53. The van der Waals surface area contributed by atoms with Crippen LogP contribution < -0.4 is 5.32 Å². The Hall–Kier alpha value is -2.97. The summed E-state index contributed by atoms with van der Waals surface area (Å²) in [6, 6.07) is 2.92. The molecule has 19 heavy (non-hydrogen) atoms. The van der Waals surface area contributed by atoms with Crippen LogP contribution in [-0.2, 0) is 6.54 Å². The highest BCUT2D eigenvalue weighted by Crippen LogP contribution is 2.28. The van der Waals surface area contributed by atoms with E-state index in [1.165, 1.54) is 6.07 Å².